The predicted molar refractivity (Wildman–Crippen MR) is 106 cm³/mol. The van der Waals surface area contributed by atoms with Gasteiger partial charge in [0.2, 0.25) is 5.91 Å². The number of carbonyl (C=O) groups excluding carboxylic acids is 2. The molecule has 2 amide bonds. The first-order valence-electron chi connectivity index (χ1n) is 10.6. The summed E-state index contributed by atoms with van der Waals surface area (Å²) in [7, 11) is 0. The number of hydrogen-bond donors (Lipinski definition) is 1. The standard InChI is InChI=1S/C21H30N4O3/c26-18-3-1-9-24(15-18)19-6-5-17(13-22-19)21(28)23-11-7-16(8-12-23)14-25-10-2-4-20(25)27/h5-6,13,16,18,26H,1-4,7-12,14-15H2. The van der Waals surface area contributed by atoms with Crippen molar-refractivity contribution in [1.29, 1.82) is 0 Å². The summed E-state index contributed by atoms with van der Waals surface area (Å²) in [5, 5.41) is 9.83. The van der Waals surface area contributed by atoms with Crippen molar-refractivity contribution in [3.8, 4) is 0 Å². The minimum absolute atomic E-state index is 0.0356. The van der Waals surface area contributed by atoms with E-state index in [9.17, 15) is 14.7 Å². The zero-order valence-corrected chi connectivity index (χ0v) is 16.4. The van der Waals surface area contributed by atoms with Crippen LogP contribution >= 0.6 is 0 Å². The van der Waals surface area contributed by atoms with Crippen molar-refractivity contribution in [2.24, 2.45) is 5.92 Å². The number of carbonyl (C=O) groups is 2. The van der Waals surface area contributed by atoms with Gasteiger partial charge in [-0.05, 0) is 50.2 Å². The van der Waals surface area contributed by atoms with Crippen LogP contribution in [0.25, 0.3) is 0 Å². The molecule has 0 aliphatic carbocycles. The van der Waals surface area contributed by atoms with Gasteiger partial charge in [0.1, 0.15) is 5.82 Å². The summed E-state index contributed by atoms with van der Waals surface area (Å²) in [6.45, 7) is 4.72. The zero-order chi connectivity index (χ0) is 19.5. The maximum absolute atomic E-state index is 12.8. The van der Waals surface area contributed by atoms with Crippen molar-refractivity contribution in [3.63, 3.8) is 0 Å². The molecule has 4 rings (SSSR count). The second-order valence-electron chi connectivity index (χ2n) is 8.33. The Morgan fingerprint density at radius 3 is 2.57 bits per heavy atom. The van der Waals surface area contributed by atoms with Gasteiger partial charge in [-0.15, -0.1) is 0 Å². The molecule has 1 atom stereocenters. The van der Waals surface area contributed by atoms with E-state index in [-0.39, 0.29) is 17.9 Å². The topological polar surface area (TPSA) is 77.0 Å². The van der Waals surface area contributed by atoms with E-state index in [1.54, 1.807) is 6.20 Å². The number of piperidine rings is 2. The van der Waals surface area contributed by atoms with Gasteiger partial charge in [-0.1, -0.05) is 0 Å². The summed E-state index contributed by atoms with van der Waals surface area (Å²) < 4.78 is 0. The highest BCUT2D eigenvalue weighted by Crippen LogP contribution is 2.23. The molecule has 3 saturated heterocycles. The predicted octanol–water partition coefficient (Wildman–Crippen LogP) is 1.52. The van der Waals surface area contributed by atoms with E-state index in [1.165, 1.54) is 0 Å². The van der Waals surface area contributed by atoms with E-state index in [2.05, 4.69) is 9.88 Å². The van der Waals surface area contributed by atoms with Crippen molar-refractivity contribution in [3.05, 3.63) is 23.9 Å². The molecule has 4 heterocycles. The fraction of sp³-hybridized carbons (Fsp3) is 0.667. The number of β-amino-alcohol motifs (C(OH)–C–C–N with tert-alkyl or cyclic N) is 1. The van der Waals surface area contributed by atoms with Crippen LogP contribution in [0.5, 0.6) is 0 Å². The van der Waals surface area contributed by atoms with E-state index in [0.717, 1.165) is 70.6 Å². The maximum atomic E-state index is 12.8. The molecular weight excluding hydrogens is 356 g/mol. The molecule has 3 fully saturated rings. The molecule has 28 heavy (non-hydrogen) atoms. The smallest absolute Gasteiger partial charge is 0.255 e. The van der Waals surface area contributed by atoms with Crippen LogP contribution in [0.15, 0.2) is 18.3 Å². The maximum Gasteiger partial charge on any atom is 0.255 e. The van der Waals surface area contributed by atoms with Crippen molar-refractivity contribution in [2.75, 3.05) is 44.2 Å². The van der Waals surface area contributed by atoms with Crippen LogP contribution in [0.1, 0.15) is 48.9 Å². The highest BCUT2D eigenvalue weighted by atomic mass is 16.3. The van der Waals surface area contributed by atoms with E-state index in [1.807, 2.05) is 21.9 Å². The van der Waals surface area contributed by atoms with Crippen LogP contribution in [0.2, 0.25) is 0 Å². The first-order valence-corrected chi connectivity index (χ1v) is 10.6. The highest BCUT2D eigenvalue weighted by molar-refractivity contribution is 5.94. The normalized spacial score (nSPS) is 24.1. The molecule has 1 N–H and O–H groups in total. The molecular formula is C21H30N4O3. The van der Waals surface area contributed by atoms with Gasteiger partial charge in [-0.25, -0.2) is 4.98 Å². The van der Waals surface area contributed by atoms with Crippen LogP contribution in [0, 0.1) is 5.92 Å². The third kappa shape index (κ3) is 4.29. The molecule has 7 heteroatoms. The average molecular weight is 386 g/mol. The van der Waals surface area contributed by atoms with Crippen molar-refractivity contribution >= 4 is 17.6 Å². The number of likely N-dealkylation sites (tertiary alicyclic amines) is 2. The molecule has 1 unspecified atom stereocenters. The Hall–Kier alpha value is -2.15. The van der Waals surface area contributed by atoms with E-state index < -0.39 is 0 Å². The molecule has 0 saturated carbocycles. The molecule has 3 aliphatic heterocycles. The number of hydrogen-bond acceptors (Lipinski definition) is 5. The molecule has 1 aromatic heterocycles. The molecule has 0 spiro atoms. The summed E-state index contributed by atoms with van der Waals surface area (Å²) in [4.78, 5) is 35.1. The number of aliphatic hydroxyl groups excluding tert-OH is 1. The lowest BCUT2D eigenvalue weighted by Crippen LogP contribution is -2.42. The number of aromatic nitrogens is 1. The summed E-state index contributed by atoms with van der Waals surface area (Å²) in [5.41, 5.74) is 0.620. The molecule has 0 bridgehead atoms. The van der Waals surface area contributed by atoms with E-state index in [0.29, 0.717) is 24.4 Å². The summed E-state index contributed by atoms with van der Waals surface area (Å²) in [6, 6.07) is 3.73. The van der Waals surface area contributed by atoms with Gasteiger partial charge in [0.25, 0.3) is 5.91 Å². The second-order valence-corrected chi connectivity index (χ2v) is 8.33. The van der Waals surface area contributed by atoms with Gasteiger partial charge in [0.15, 0.2) is 0 Å². The van der Waals surface area contributed by atoms with Gasteiger partial charge < -0.3 is 19.8 Å². The van der Waals surface area contributed by atoms with Crippen LogP contribution in [-0.4, -0.2) is 77.1 Å². The first kappa shape index (κ1) is 19.2. The van der Waals surface area contributed by atoms with Crippen LogP contribution in [0.3, 0.4) is 0 Å². The van der Waals surface area contributed by atoms with Gasteiger partial charge in [0, 0.05) is 51.9 Å². The third-order valence-electron chi connectivity index (χ3n) is 6.27. The molecule has 152 valence electrons. The number of nitrogens with zero attached hydrogens (tertiary/aromatic N) is 4. The lowest BCUT2D eigenvalue weighted by atomic mass is 9.96. The summed E-state index contributed by atoms with van der Waals surface area (Å²) in [5.74, 6) is 1.64. The minimum Gasteiger partial charge on any atom is -0.391 e. The fourth-order valence-electron chi connectivity index (χ4n) is 4.57. The lowest BCUT2D eigenvalue weighted by molar-refractivity contribution is -0.128. The summed E-state index contributed by atoms with van der Waals surface area (Å²) >= 11 is 0. The van der Waals surface area contributed by atoms with Gasteiger partial charge in [-0.2, -0.15) is 0 Å². The Morgan fingerprint density at radius 1 is 1.11 bits per heavy atom. The summed E-state index contributed by atoms with van der Waals surface area (Å²) in [6.07, 6.45) is 6.74. The van der Waals surface area contributed by atoms with Crippen LogP contribution in [0.4, 0.5) is 5.82 Å². The zero-order valence-electron chi connectivity index (χ0n) is 16.4. The molecule has 3 aliphatic rings. The fourth-order valence-corrected chi connectivity index (χ4v) is 4.57. The van der Waals surface area contributed by atoms with Crippen molar-refractivity contribution in [2.45, 2.75) is 44.6 Å². The monoisotopic (exact) mass is 386 g/mol. The lowest BCUT2D eigenvalue weighted by Gasteiger charge is -2.34. The second kappa shape index (κ2) is 8.47. The number of pyridine rings is 1. The molecule has 7 nitrogen and oxygen atoms in total. The van der Waals surface area contributed by atoms with E-state index in [4.69, 9.17) is 0 Å². The Labute approximate surface area is 166 Å². The minimum atomic E-state index is -0.297. The quantitative estimate of drug-likeness (QED) is 0.849. The number of rotatable bonds is 4. The number of aliphatic hydroxyl groups is 1. The van der Waals surface area contributed by atoms with Gasteiger partial charge >= 0.3 is 0 Å². The largest absolute Gasteiger partial charge is 0.391 e. The Bertz CT molecular complexity index is 700. The Balaban J connectivity index is 1.29. The molecule has 1 aromatic rings. The van der Waals surface area contributed by atoms with E-state index >= 15 is 0 Å². The first-order chi connectivity index (χ1) is 13.6. The Morgan fingerprint density at radius 2 is 1.93 bits per heavy atom. The average Bonchev–Trinajstić information content (AvgIpc) is 3.13. The van der Waals surface area contributed by atoms with Crippen molar-refractivity contribution < 1.29 is 14.7 Å². The van der Waals surface area contributed by atoms with Crippen molar-refractivity contribution in [1.82, 2.24) is 14.8 Å². The van der Waals surface area contributed by atoms with Crippen LogP contribution in [-0.2, 0) is 4.79 Å². The molecule has 0 aromatic carbocycles. The highest BCUT2D eigenvalue weighted by Gasteiger charge is 2.28. The van der Waals surface area contributed by atoms with Gasteiger partial charge in [0.05, 0.1) is 11.7 Å². The van der Waals surface area contributed by atoms with Crippen LogP contribution < -0.4 is 4.90 Å². The number of anilines is 1. The number of amides is 2. The molecule has 0 radical (unpaired) electrons. The Kier molecular flexibility index (Phi) is 5.80. The third-order valence-corrected chi connectivity index (χ3v) is 6.27. The van der Waals surface area contributed by atoms with Gasteiger partial charge in [-0.3, -0.25) is 9.59 Å². The SMILES string of the molecule is O=C1CCCN1CC1CCN(C(=O)c2ccc(N3CCCC(O)C3)nc2)CC1.